The highest BCUT2D eigenvalue weighted by molar-refractivity contribution is 5.81. The second-order valence-electron chi connectivity index (χ2n) is 7.91. The lowest BCUT2D eigenvalue weighted by atomic mass is 9.95. The second kappa shape index (κ2) is 6.55. The van der Waals surface area contributed by atoms with E-state index in [4.69, 9.17) is 4.98 Å². The lowest BCUT2D eigenvalue weighted by Crippen LogP contribution is -2.38. The minimum Gasteiger partial charge on any atom is -0.355 e. The Hall–Kier alpha value is -1.88. The Balaban J connectivity index is 1.57. The molecule has 1 unspecified atom stereocenters. The van der Waals surface area contributed by atoms with Gasteiger partial charge in [0.05, 0.1) is 11.2 Å². The van der Waals surface area contributed by atoms with E-state index in [-0.39, 0.29) is 11.3 Å². The van der Waals surface area contributed by atoms with E-state index in [1.165, 1.54) is 5.52 Å². The number of fused-ring (bicyclic) bond motifs is 1. The molecule has 2 aromatic heterocycles. The molecule has 5 heteroatoms. The Bertz CT molecular complexity index is 729. The zero-order chi connectivity index (χ0) is 17.3. The van der Waals surface area contributed by atoms with Crippen molar-refractivity contribution in [3.05, 3.63) is 35.9 Å². The molecule has 0 saturated carbocycles. The van der Waals surface area contributed by atoms with E-state index in [2.05, 4.69) is 32.9 Å². The summed E-state index contributed by atoms with van der Waals surface area (Å²) in [5, 5.41) is 3.10. The largest absolute Gasteiger partial charge is 0.355 e. The summed E-state index contributed by atoms with van der Waals surface area (Å²) < 4.78 is 2.15. The van der Waals surface area contributed by atoms with Gasteiger partial charge in [0.25, 0.3) is 0 Å². The first-order valence-corrected chi connectivity index (χ1v) is 8.78. The van der Waals surface area contributed by atoms with Gasteiger partial charge in [-0.05, 0) is 37.9 Å². The van der Waals surface area contributed by atoms with Crippen LogP contribution >= 0.6 is 0 Å². The minimum atomic E-state index is -0.314. The summed E-state index contributed by atoms with van der Waals surface area (Å²) in [5.41, 5.74) is 2.03. The van der Waals surface area contributed by atoms with Crippen LogP contribution in [0.4, 0.5) is 0 Å². The van der Waals surface area contributed by atoms with Crippen LogP contribution in [-0.4, -0.2) is 39.8 Å². The summed E-state index contributed by atoms with van der Waals surface area (Å²) >= 11 is 0. The molecule has 1 amide bonds. The Morgan fingerprint density at radius 1 is 1.38 bits per heavy atom. The molecular formula is C19H28N4O. The topological polar surface area (TPSA) is 49.6 Å². The smallest absolute Gasteiger partial charge is 0.225 e. The molecule has 0 aromatic carbocycles. The molecule has 0 aliphatic carbocycles. The number of amides is 1. The highest BCUT2D eigenvalue weighted by Gasteiger charge is 2.26. The van der Waals surface area contributed by atoms with E-state index in [0.29, 0.717) is 5.92 Å². The van der Waals surface area contributed by atoms with Crippen LogP contribution < -0.4 is 5.32 Å². The zero-order valence-corrected chi connectivity index (χ0v) is 15.2. The van der Waals surface area contributed by atoms with Gasteiger partial charge in [0, 0.05) is 31.2 Å². The molecule has 3 rings (SSSR count). The third kappa shape index (κ3) is 3.61. The maximum absolute atomic E-state index is 12.0. The molecule has 0 spiro atoms. The van der Waals surface area contributed by atoms with E-state index in [1.807, 2.05) is 33.8 Å². The first-order chi connectivity index (χ1) is 11.3. The van der Waals surface area contributed by atoms with Gasteiger partial charge in [0.1, 0.15) is 5.82 Å². The number of nitrogens with zero attached hydrogens (tertiary/aromatic N) is 3. The first kappa shape index (κ1) is 17.0. The van der Waals surface area contributed by atoms with E-state index < -0.39 is 0 Å². The number of carbonyl (C=O) groups is 1. The van der Waals surface area contributed by atoms with Gasteiger partial charge < -0.3 is 9.72 Å². The van der Waals surface area contributed by atoms with Gasteiger partial charge in [-0.3, -0.25) is 9.69 Å². The van der Waals surface area contributed by atoms with Crippen molar-refractivity contribution in [1.29, 1.82) is 0 Å². The molecule has 1 N–H and O–H groups in total. The molecule has 1 aliphatic rings. The standard InChI is InChI=1S/C19H28N4O/c1-14-21-16(17-7-5-6-9-23(14)17)13-22-10-8-15(12-22)11-20-18(24)19(2,3)4/h5-7,9,15H,8,10-13H2,1-4H3,(H,20,24). The molecule has 24 heavy (non-hydrogen) atoms. The molecule has 0 radical (unpaired) electrons. The molecule has 5 nitrogen and oxygen atoms in total. The van der Waals surface area contributed by atoms with Crippen LogP contribution in [0, 0.1) is 18.3 Å². The Morgan fingerprint density at radius 2 is 2.17 bits per heavy atom. The lowest BCUT2D eigenvalue weighted by Gasteiger charge is -2.20. The van der Waals surface area contributed by atoms with Crippen molar-refractivity contribution >= 4 is 11.4 Å². The van der Waals surface area contributed by atoms with Crippen LogP contribution in [0.15, 0.2) is 24.4 Å². The summed E-state index contributed by atoms with van der Waals surface area (Å²) in [6, 6.07) is 6.23. The van der Waals surface area contributed by atoms with E-state index >= 15 is 0 Å². The van der Waals surface area contributed by atoms with Crippen LogP contribution in [-0.2, 0) is 11.3 Å². The van der Waals surface area contributed by atoms with Crippen molar-refractivity contribution in [2.24, 2.45) is 11.3 Å². The molecule has 1 atom stereocenters. The number of nitrogens with one attached hydrogen (secondary N) is 1. The monoisotopic (exact) mass is 328 g/mol. The number of hydrogen-bond donors (Lipinski definition) is 1. The summed E-state index contributed by atoms with van der Waals surface area (Å²) in [4.78, 5) is 19.2. The molecular weight excluding hydrogens is 300 g/mol. The normalized spacial score (nSPS) is 19.1. The van der Waals surface area contributed by atoms with Gasteiger partial charge in [0.2, 0.25) is 5.91 Å². The third-order valence-corrected chi connectivity index (χ3v) is 4.78. The van der Waals surface area contributed by atoms with Gasteiger partial charge >= 0.3 is 0 Å². The Kier molecular flexibility index (Phi) is 4.63. The number of imidazole rings is 1. The number of hydrogen-bond acceptors (Lipinski definition) is 3. The van der Waals surface area contributed by atoms with E-state index in [1.54, 1.807) is 0 Å². The van der Waals surface area contributed by atoms with Gasteiger partial charge in [-0.1, -0.05) is 26.8 Å². The fourth-order valence-electron chi connectivity index (χ4n) is 3.32. The molecule has 0 bridgehead atoms. The van der Waals surface area contributed by atoms with Crippen LogP contribution in [0.2, 0.25) is 0 Å². The lowest BCUT2D eigenvalue weighted by molar-refractivity contribution is -0.128. The maximum atomic E-state index is 12.0. The number of aryl methyl sites for hydroxylation is 1. The fourth-order valence-corrected chi connectivity index (χ4v) is 3.32. The van der Waals surface area contributed by atoms with Gasteiger partial charge in [-0.2, -0.15) is 0 Å². The van der Waals surface area contributed by atoms with Crippen LogP contribution in [0.3, 0.4) is 0 Å². The number of likely N-dealkylation sites (tertiary alicyclic amines) is 1. The molecule has 130 valence electrons. The average molecular weight is 328 g/mol. The van der Waals surface area contributed by atoms with Crippen LogP contribution in [0.1, 0.15) is 38.7 Å². The molecule has 1 fully saturated rings. The van der Waals surface area contributed by atoms with E-state index in [0.717, 1.165) is 44.1 Å². The fraction of sp³-hybridized carbons (Fsp3) is 0.579. The van der Waals surface area contributed by atoms with E-state index in [9.17, 15) is 4.79 Å². The number of rotatable bonds is 4. The highest BCUT2D eigenvalue weighted by Crippen LogP contribution is 2.21. The highest BCUT2D eigenvalue weighted by atomic mass is 16.2. The number of pyridine rings is 1. The number of aromatic nitrogens is 2. The average Bonchev–Trinajstić information content (AvgIpc) is 3.10. The summed E-state index contributed by atoms with van der Waals surface area (Å²) in [6.07, 6.45) is 3.20. The van der Waals surface area contributed by atoms with Gasteiger partial charge in [-0.15, -0.1) is 0 Å². The predicted molar refractivity (Wildman–Crippen MR) is 95.8 cm³/mol. The zero-order valence-electron chi connectivity index (χ0n) is 15.2. The van der Waals surface area contributed by atoms with Crippen LogP contribution in [0.5, 0.6) is 0 Å². The van der Waals surface area contributed by atoms with Crippen molar-refractivity contribution in [1.82, 2.24) is 19.6 Å². The third-order valence-electron chi connectivity index (χ3n) is 4.78. The Morgan fingerprint density at radius 3 is 2.92 bits per heavy atom. The molecule has 1 aliphatic heterocycles. The second-order valence-corrected chi connectivity index (χ2v) is 7.91. The van der Waals surface area contributed by atoms with Gasteiger partial charge in [-0.25, -0.2) is 4.98 Å². The number of carbonyl (C=O) groups excluding carboxylic acids is 1. The van der Waals surface area contributed by atoms with Crippen molar-refractivity contribution in [2.45, 2.75) is 40.7 Å². The van der Waals surface area contributed by atoms with Crippen molar-refractivity contribution in [3.8, 4) is 0 Å². The summed E-state index contributed by atoms with van der Waals surface area (Å²) in [7, 11) is 0. The van der Waals surface area contributed by atoms with Gasteiger partial charge in [0.15, 0.2) is 0 Å². The summed E-state index contributed by atoms with van der Waals surface area (Å²) in [6.45, 7) is 11.7. The SMILES string of the molecule is Cc1nc(CN2CCC(CNC(=O)C(C)(C)C)C2)c2ccccn12. The summed E-state index contributed by atoms with van der Waals surface area (Å²) in [5.74, 6) is 1.71. The minimum absolute atomic E-state index is 0.136. The quantitative estimate of drug-likeness (QED) is 0.939. The van der Waals surface area contributed by atoms with Crippen molar-refractivity contribution in [2.75, 3.05) is 19.6 Å². The maximum Gasteiger partial charge on any atom is 0.225 e. The van der Waals surface area contributed by atoms with Crippen LogP contribution in [0.25, 0.3) is 5.52 Å². The molecule has 1 saturated heterocycles. The first-order valence-electron chi connectivity index (χ1n) is 8.78. The molecule has 2 aromatic rings. The predicted octanol–water partition coefficient (Wildman–Crippen LogP) is 2.63. The van der Waals surface area contributed by atoms with Crippen molar-refractivity contribution < 1.29 is 4.79 Å². The molecule has 3 heterocycles. The van der Waals surface area contributed by atoms with Crippen molar-refractivity contribution in [3.63, 3.8) is 0 Å². The Labute approximate surface area is 144 Å².